The molecular formula is C14H18N4O2. The fraction of sp³-hybridized carbons (Fsp3) is 0.429. The lowest BCUT2D eigenvalue weighted by Crippen LogP contribution is -2.32. The number of aromatic nitrogens is 3. The molecule has 6 nitrogen and oxygen atoms in total. The molecule has 2 rings (SSSR count). The summed E-state index contributed by atoms with van der Waals surface area (Å²) in [5.41, 5.74) is 1.01. The maximum atomic E-state index is 11.6. The minimum atomic E-state index is -0.517. The Hall–Kier alpha value is -2.24. The second-order valence-corrected chi connectivity index (χ2v) is 5.46. The van der Waals surface area contributed by atoms with Crippen molar-refractivity contribution >= 4 is 17.0 Å². The van der Waals surface area contributed by atoms with Gasteiger partial charge in [-0.2, -0.15) is 0 Å². The summed E-state index contributed by atoms with van der Waals surface area (Å²) in [5.74, 6) is 0.703. The van der Waals surface area contributed by atoms with Crippen molar-refractivity contribution in [2.75, 3.05) is 0 Å². The number of hydrogen-bond donors (Lipinski definition) is 1. The van der Waals surface area contributed by atoms with Crippen LogP contribution >= 0.6 is 0 Å². The van der Waals surface area contributed by atoms with Gasteiger partial charge in [-0.1, -0.05) is 0 Å². The predicted molar refractivity (Wildman–Crippen MR) is 75.1 cm³/mol. The van der Waals surface area contributed by atoms with E-state index in [0.717, 1.165) is 10.9 Å². The second kappa shape index (κ2) is 5.40. The molecule has 0 radical (unpaired) electrons. The molecule has 0 spiro atoms. The number of amides is 1. The Morgan fingerprint density at radius 3 is 2.80 bits per heavy atom. The highest BCUT2D eigenvalue weighted by Crippen LogP contribution is 2.14. The lowest BCUT2D eigenvalue weighted by atomic mass is 10.2. The van der Waals surface area contributed by atoms with Crippen molar-refractivity contribution in [3.05, 3.63) is 30.0 Å². The Balaban J connectivity index is 2.12. The first-order chi connectivity index (χ1) is 9.35. The van der Waals surface area contributed by atoms with Gasteiger partial charge < -0.3 is 10.1 Å². The van der Waals surface area contributed by atoms with Gasteiger partial charge in [0.05, 0.1) is 17.8 Å². The van der Waals surface area contributed by atoms with Gasteiger partial charge >= 0.3 is 6.09 Å². The van der Waals surface area contributed by atoms with Crippen LogP contribution < -0.4 is 5.32 Å². The molecule has 2 aromatic heterocycles. The monoisotopic (exact) mass is 274 g/mol. The maximum Gasteiger partial charge on any atom is 0.407 e. The van der Waals surface area contributed by atoms with Crippen molar-refractivity contribution in [3.63, 3.8) is 0 Å². The first-order valence-electron chi connectivity index (χ1n) is 6.39. The summed E-state index contributed by atoms with van der Waals surface area (Å²) < 4.78 is 5.18. The van der Waals surface area contributed by atoms with E-state index in [-0.39, 0.29) is 6.54 Å². The fourth-order valence-electron chi connectivity index (χ4n) is 1.72. The fourth-order valence-corrected chi connectivity index (χ4v) is 1.72. The molecule has 0 saturated carbocycles. The Kier molecular flexibility index (Phi) is 3.83. The van der Waals surface area contributed by atoms with Crippen LogP contribution in [0.4, 0.5) is 4.79 Å². The molecule has 0 aliphatic rings. The number of pyridine rings is 1. The molecular weight excluding hydrogens is 256 g/mol. The molecule has 106 valence electrons. The van der Waals surface area contributed by atoms with E-state index < -0.39 is 11.7 Å². The van der Waals surface area contributed by atoms with Gasteiger partial charge in [0.15, 0.2) is 0 Å². The number of fused-ring (bicyclic) bond motifs is 1. The highest BCUT2D eigenvalue weighted by Gasteiger charge is 2.16. The van der Waals surface area contributed by atoms with Gasteiger partial charge in [-0.05, 0) is 33.8 Å². The molecule has 0 saturated heterocycles. The third-order valence-electron chi connectivity index (χ3n) is 2.51. The predicted octanol–water partition coefficient (Wildman–Crippen LogP) is 2.36. The van der Waals surface area contributed by atoms with Gasteiger partial charge in [0.2, 0.25) is 0 Å². The molecule has 0 bridgehead atoms. The number of carbonyl (C=O) groups is 1. The van der Waals surface area contributed by atoms with Gasteiger partial charge in [0, 0.05) is 17.8 Å². The zero-order valence-electron chi connectivity index (χ0n) is 12.1. The minimum absolute atomic E-state index is 0.276. The summed E-state index contributed by atoms with van der Waals surface area (Å²) in [6.45, 7) is 7.56. The smallest absolute Gasteiger partial charge is 0.407 e. The normalized spacial score (nSPS) is 11.4. The van der Waals surface area contributed by atoms with Crippen LogP contribution in [0.3, 0.4) is 0 Å². The molecule has 0 unspecified atom stereocenters. The lowest BCUT2D eigenvalue weighted by molar-refractivity contribution is 0.0523. The quantitative estimate of drug-likeness (QED) is 0.909. The third kappa shape index (κ3) is 3.63. The standard InChI is InChI=1S/C14H18N4O2/c1-9-16-7-10-11(18-9)5-6-15-12(10)8-17-13(19)20-14(2,3)4/h5-7H,8H2,1-4H3,(H,17,19). The highest BCUT2D eigenvalue weighted by molar-refractivity contribution is 5.80. The average molecular weight is 274 g/mol. The number of nitrogens with zero attached hydrogens (tertiary/aromatic N) is 3. The molecule has 2 aromatic rings. The number of rotatable bonds is 2. The largest absolute Gasteiger partial charge is 0.444 e. The molecule has 0 aliphatic carbocycles. The summed E-state index contributed by atoms with van der Waals surface area (Å²) in [7, 11) is 0. The molecule has 0 aliphatic heterocycles. The number of alkyl carbamates (subject to hydrolysis) is 1. The Labute approximate surface area is 117 Å². The zero-order chi connectivity index (χ0) is 14.8. The average Bonchev–Trinajstić information content (AvgIpc) is 2.33. The zero-order valence-corrected chi connectivity index (χ0v) is 12.1. The van der Waals surface area contributed by atoms with E-state index in [0.29, 0.717) is 11.5 Å². The molecule has 1 amide bonds. The van der Waals surface area contributed by atoms with E-state index in [9.17, 15) is 4.79 Å². The molecule has 1 N–H and O–H groups in total. The Morgan fingerprint density at radius 2 is 2.10 bits per heavy atom. The molecule has 2 heterocycles. The van der Waals surface area contributed by atoms with E-state index >= 15 is 0 Å². The summed E-state index contributed by atoms with van der Waals surface area (Å²) in [6, 6.07) is 1.82. The summed E-state index contributed by atoms with van der Waals surface area (Å²) in [5, 5.41) is 3.51. The van der Waals surface area contributed by atoms with E-state index in [1.165, 1.54) is 0 Å². The van der Waals surface area contributed by atoms with Crippen molar-refractivity contribution in [2.24, 2.45) is 0 Å². The van der Waals surface area contributed by atoms with Crippen LogP contribution in [0.5, 0.6) is 0 Å². The Morgan fingerprint density at radius 1 is 1.35 bits per heavy atom. The third-order valence-corrected chi connectivity index (χ3v) is 2.51. The summed E-state index contributed by atoms with van der Waals surface area (Å²) in [6.07, 6.45) is 2.92. The second-order valence-electron chi connectivity index (χ2n) is 5.46. The van der Waals surface area contributed by atoms with Crippen LogP contribution in [0, 0.1) is 6.92 Å². The molecule has 0 aromatic carbocycles. The number of aryl methyl sites for hydroxylation is 1. The van der Waals surface area contributed by atoms with Crippen LogP contribution in [-0.4, -0.2) is 26.6 Å². The molecule has 20 heavy (non-hydrogen) atoms. The van der Waals surface area contributed by atoms with Crippen molar-refractivity contribution in [2.45, 2.75) is 39.8 Å². The van der Waals surface area contributed by atoms with Crippen molar-refractivity contribution in [1.29, 1.82) is 0 Å². The number of hydrogen-bond acceptors (Lipinski definition) is 5. The van der Waals surface area contributed by atoms with Gasteiger partial charge in [-0.15, -0.1) is 0 Å². The topological polar surface area (TPSA) is 77.0 Å². The molecule has 0 fully saturated rings. The number of carbonyl (C=O) groups excluding carboxylic acids is 1. The lowest BCUT2D eigenvalue weighted by Gasteiger charge is -2.19. The van der Waals surface area contributed by atoms with E-state index in [1.807, 2.05) is 33.8 Å². The molecule has 0 atom stereocenters. The summed E-state index contributed by atoms with van der Waals surface area (Å²) in [4.78, 5) is 24.4. The van der Waals surface area contributed by atoms with E-state index in [2.05, 4.69) is 20.3 Å². The van der Waals surface area contributed by atoms with Gasteiger partial charge in [0.1, 0.15) is 11.4 Å². The van der Waals surface area contributed by atoms with Crippen LogP contribution in [-0.2, 0) is 11.3 Å². The number of ether oxygens (including phenoxy) is 1. The maximum absolute atomic E-state index is 11.6. The van der Waals surface area contributed by atoms with Crippen molar-refractivity contribution in [1.82, 2.24) is 20.3 Å². The van der Waals surface area contributed by atoms with Crippen LogP contribution in [0.15, 0.2) is 18.5 Å². The van der Waals surface area contributed by atoms with Gasteiger partial charge in [0.25, 0.3) is 0 Å². The van der Waals surface area contributed by atoms with E-state index in [4.69, 9.17) is 4.74 Å². The van der Waals surface area contributed by atoms with Crippen LogP contribution in [0.1, 0.15) is 32.3 Å². The molecule has 6 heteroatoms. The minimum Gasteiger partial charge on any atom is -0.444 e. The first-order valence-corrected chi connectivity index (χ1v) is 6.39. The van der Waals surface area contributed by atoms with Crippen LogP contribution in [0.25, 0.3) is 10.9 Å². The van der Waals surface area contributed by atoms with E-state index in [1.54, 1.807) is 12.4 Å². The van der Waals surface area contributed by atoms with Gasteiger partial charge in [-0.25, -0.2) is 14.8 Å². The summed E-state index contributed by atoms with van der Waals surface area (Å²) >= 11 is 0. The SMILES string of the molecule is Cc1ncc2c(CNC(=O)OC(C)(C)C)nccc2n1. The highest BCUT2D eigenvalue weighted by atomic mass is 16.6. The van der Waals surface area contributed by atoms with Gasteiger partial charge in [-0.3, -0.25) is 4.98 Å². The van der Waals surface area contributed by atoms with Crippen LogP contribution in [0.2, 0.25) is 0 Å². The first kappa shape index (κ1) is 14.2. The number of nitrogens with one attached hydrogen (secondary N) is 1. The van der Waals surface area contributed by atoms with Crippen molar-refractivity contribution < 1.29 is 9.53 Å². The van der Waals surface area contributed by atoms with Crippen molar-refractivity contribution in [3.8, 4) is 0 Å². The Bertz CT molecular complexity index is 635.